The molecule has 2 N–H and O–H groups in total. The first-order valence-electron chi connectivity index (χ1n) is 6.09. The van der Waals surface area contributed by atoms with Crippen molar-refractivity contribution in [3.63, 3.8) is 0 Å². The average Bonchev–Trinajstić information content (AvgIpc) is 2.36. The smallest absolute Gasteiger partial charge is 0.492 e. The summed E-state index contributed by atoms with van der Waals surface area (Å²) in [6.45, 7) is 0.936. The van der Waals surface area contributed by atoms with Crippen molar-refractivity contribution in [2.75, 3.05) is 20.2 Å². The molecule has 0 amide bonds. The monoisotopic (exact) mass is 291 g/mol. The van der Waals surface area contributed by atoms with Crippen molar-refractivity contribution in [1.29, 1.82) is 0 Å². The second kappa shape index (κ2) is 6.96. The molecule has 0 fully saturated rings. The van der Waals surface area contributed by atoms with Crippen LogP contribution in [0.2, 0.25) is 0 Å². The average molecular weight is 291 g/mol. The maximum absolute atomic E-state index is 12.4. The maximum atomic E-state index is 12.4. The summed E-state index contributed by atoms with van der Waals surface area (Å²) in [4.78, 5) is 1.22. The first-order valence-corrected chi connectivity index (χ1v) is 6.09. The molecule has 1 rings (SSSR count). The van der Waals surface area contributed by atoms with Crippen LogP contribution in [0.1, 0.15) is 12.5 Å². The van der Waals surface area contributed by atoms with Crippen LogP contribution in [0.25, 0.3) is 0 Å². The zero-order valence-electron chi connectivity index (χ0n) is 11.3. The Hall–Kier alpha value is -1.25. The quantitative estimate of drug-likeness (QED) is 0.760. The second-order valence-electron chi connectivity index (χ2n) is 4.37. The number of methoxy groups -OCH3 is 1. The minimum atomic E-state index is -4.26. The predicted molar refractivity (Wildman–Crippen MR) is 69.8 cm³/mol. The van der Waals surface area contributed by atoms with Gasteiger partial charge in [-0.2, -0.15) is 13.2 Å². The van der Waals surface area contributed by atoms with Gasteiger partial charge in [0.2, 0.25) is 0 Å². The summed E-state index contributed by atoms with van der Waals surface area (Å²) >= 11 is 0. The Morgan fingerprint density at radius 1 is 1.30 bits per heavy atom. The molecule has 0 aliphatic carbocycles. The molecule has 0 saturated carbocycles. The molecule has 20 heavy (non-hydrogen) atoms. The lowest BCUT2D eigenvalue weighted by atomic mass is 9.78. The van der Waals surface area contributed by atoms with E-state index in [1.54, 1.807) is 13.0 Å². The van der Waals surface area contributed by atoms with Crippen LogP contribution in [0.3, 0.4) is 0 Å². The van der Waals surface area contributed by atoms with E-state index < -0.39 is 19.8 Å². The molecule has 0 unspecified atom stereocenters. The Morgan fingerprint density at radius 3 is 2.40 bits per heavy atom. The van der Waals surface area contributed by atoms with E-state index in [1.807, 2.05) is 0 Å². The van der Waals surface area contributed by atoms with Crippen LogP contribution in [0, 0.1) is 0 Å². The van der Waals surface area contributed by atoms with Gasteiger partial charge >= 0.3 is 13.3 Å². The van der Waals surface area contributed by atoms with Crippen molar-refractivity contribution < 1.29 is 28.0 Å². The molecule has 112 valence electrons. The van der Waals surface area contributed by atoms with Crippen LogP contribution in [0.5, 0.6) is 5.75 Å². The van der Waals surface area contributed by atoms with E-state index in [0.29, 0.717) is 5.56 Å². The van der Waals surface area contributed by atoms with E-state index in [0.717, 1.165) is 0 Å². The van der Waals surface area contributed by atoms with Crippen LogP contribution in [-0.2, 0) is 6.54 Å². The molecule has 0 aliphatic heterocycles. The van der Waals surface area contributed by atoms with Gasteiger partial charge in [-0.3, -0.25) is 4.90 Å². The number of rotatable bonds is 6. The fraction of sp³-hybridized carbons (Fsp3) is 0.500. The number of hydrogen-bond donors (Lipinski definition) is 2. The summed E-state index contributed by atoms with van der Waals surface area (Å²) in [6.07, 6.45) is -4.26. The van der Waals surface area contributed by atoms with Crippen LogP contribution < -0.4 is 10.2 Å². The maximum Gasteiger partial charge on any atom is 0.492 e. The summed E-state index contributed by atoms with van der Waals surface area (Å²) in [5.74, 6) is 0.280. The van der Waals surface area contributed by atoms with Crippen molar-refractivity contribution in [3.05, 3.63) is 23.8 Å². The number of ether oxygens (including phenoxy) is 1. The largest absolute Gasteiger partial charge is 0.497 e. The molecule has 0 atom stereocenters. The van der Waals surface area contributed by atoms with Gasteiger partial charge in [0.1, 0.15) is 5.75 Å². The van der Waals surface area contributed by atoms with Gasteiger partial charge in [0.15, 0.2) is 0 Å². The topological polar surface area (TPSA) is 52.9 Å². The molecule has 1 aromatic rings. The van der Waals surface area contributed by atoms with Gasteiger partial charge < -0.3 is 14.8 Å². The van der Waals surface area contributed by atoms with E-state index in [1.165, 1.54) is 24.1 Å². The Bertz CT molecular complexity index is 440. The number of nitrogens with zero attached hydrogens (tertiary/aromatic N) is 1. The van der Waals surface area contributed by atoms with Gasteiger partial charge in [-0.25, -0.2) is 0 Å². The second-order valence-corrected chi connectivity index (χ2v) is 4.37. The Morgan fingerprint density at radius 2 is 1.95 bits per heavy atom. The van der Waals surface area contributed by atoms with E-state index in [4.69, 9.17) is 4.74 Å². The molecular weight excluding hydrogens is 274 g/mol. The van der Waals surface area contributed by atoms with Crippen LogP contribution in [0.15, 0.2) is 18.2 Å². The van der Waals surface area contributed by atoms with Gasteiger partial charge in [-0.05, 0) is 18.2 Å². The molecule has 1 aromatic carbocycles. The highest BCUT2D eigenvalue weighted by Gasteiger charge is 2.30. The molecular formula is C12H17BF3NO3. The van der Waals surface area contributed by atoms with Crippen LogP contribution in [-0.4, -0.2) is 48.4 Å². The third kappa shape index (κ3) is 5.03. The number of hydrogen-bond acceptors (Lipinski definition) is 4. The first-order chi connectivity index (χ1) is 9.26. The molecule has 0 heterocycles. The van der Waals surface area contributed by atoms with E-state index in [-0.39, 0.29) is 24.3 Å². The van der Waals surface area contributed by atoms with Gasteiger partial charge in [0.25, 0.3) is 0 Å². The van der Waals surface area contributed by atoms with E-state index in [9.17, 15) is 23.2 Å². The summed E-state index contributed by atoms with van der Waals surface area (Å²) < 4.78 is 42.1. The van der Waals surface area contributed by atoms with Crippen LogP contribution >= 0.6 is 0 Å². The van der Waals surface area contributed by atoms with Crippen molar-refractivity contribution in [2.24, 2.45) is 0 Å². The lowest BCUT2D eigenvalue weighted by Crippen LogP contribution is -2.35. The molecule has 0 radical (unpaired) electrons. The summed E-state index contributed by atoms with van der Waals surface area (Å²) in [5, 5.41) is 18.4. The van der Waals surface area contributed by atoms with Gasteiger partial charge in [0.05, 0.1) is 13.7 Å². The van der Waals surface area contributed by atoms with Gasteiger partial charge in [0, 0.05) is 12.0 Å². The van der Waals surface area contributed by atoms with Crippen molar-refractivity contribution in [3.8, 4) is 5.75 Å². The SMILES string of the molecule is CCN(Cc1ccc(OC)c(B(O)O)c1)CC(F)(F)F. The van der Waals surface area contributed by atoms with Crippen LogP contribution in [0.4, 0.5) is 13.2 Å². The molecule has 0 bridgehead atoms. The normalized spacial score (nSPS) is 11.8. The molecule has 4 nitrogen and oxygen atoms in total. The summed E-state index contributed by atoms with van der Waals surface area (Å²) in [5.41, 5.74) is 0.688. The number of alkyl halides is 3. The molecule has 8 heteroatoms. The predicted octanol–water partition coefficient (Wildman–Crippen LogP) is 0.759. The number of benzene rings is 1. The molecule has 0 spiro atoms. The standard InChI is InChI=1S/C12H17BF3NO3/c1-3-17(8-12(14,15)16)7-9-4-5-11(20-2)10(6-9)13(18)19/h4-6,18-19H,3,7-8H2,1-2H3. The minimum Gasteiger partial charge on any atom is -0.497 e. The zero-order valence-corrected chi connectivity index (χ0v) is 11.3. The fourth-order valence-corrected chi connectivity index (χ4v) is 1.88. The first kappa shape index (κ1) is 16.8. The van der Waals surface area contributed by atoms with Gasteiger partial charge in [-0.15, -0.1) is 0 Å². The Kier molecular flexibility index (Phi) is 5.85. The molecule has 0 aromatic heterocycles. The summed E-state index contributed by atoms with van der Waals surface area (Å²) in [6, 6.07) is 4.54. The van der Waals surface area contributed by atoms with Crippen molar-refractivity contribution in [1.82, 2.24) is 4.90 Å². The summed E-state index contributed by atoms with van der Waals surface area (Å²) in [7, 11) is -0.356. The fourth-order valence-electron chi connectivity index (χ4n) is 1.88. The Balaban J connectivity index is 2.88. The minimum absolute atomic E-state index is 0.0692. The van der Waals surface area contributed by atoms with Gasteiger partial charge in [-0.1, -0.05) is 19.1 Å². The highest BCUT2D eigenvalue weighted by molar-refractivity contribution is 6.59. The molecule has 0 aliphatic rings. The third-order valence-corrected chi connectivity index (χ3v) is 2.83. The van der Waals surface area contributed by atoms with Crippen molar-refractivity contribution >= 4 is 12.6 Å². The third-order valence-electron chi connectivity index (χ3n) is 2.83. The lowest BCUT2D eigenvalue weighted by Gasteiger charge is -2.22. The Labute approximate surface area is 115 Å². The van der Waals surface area contributed by atoms with Crippen molar-refractivity contribution in [2.45, 2.75) is 19.6 Å². The van der Waals surface area contributed by atoms with E-state index in [2.05, 4.69) is 0 Å². The van der Waals surface area contributed by atoms with E-state index >= 15 is 0 Å². The molecule has 0 saturated heterocycles. The highest BCUT2D eigenvalue weighted by Crippen LogP contribution is 2.18. The highest BCUT2D eigenvalue weighted by atomic mass is 19.4. The zero-order chi connectivity index (χ0) is 15.3. The number of halogens is 3. The lowest BCUT2D eigenvalue weighted by molar-refractivity contribution is -0.146.